The molecule has 0 aromatic rings. The highest BCUT2D eigenvalue weighted by molar-refractivity contribution is 6.03. The molecule has 0 aliphatic carbocycles. The summed E-state index contributed by atoms with van der Waals surface area (Å²) in [4.78, 5) is 89.5. The van der Waals surface area contributed by atoms with Crippen LogP contribution < -0.4 is 0 Å². The predicted molar refractivity (Wildman–Crippen MR) is 210 cm³/mol. The van der Waals surface area contributed by atoms with E-state index < -0.39 is 59.0 Å². The molecular weight excluding hydrogens is 788 g/mol. The molecule has 0 radical (unpaired) electrons. The van der Waals surface area contributed by atoms with E-state index in [1.54, 1.807) is 41.7 Å². The number of methoxy groups -OCH3 is 3. The third-order valence-electron chi connectivity index (χ3n) is 6.41. The summed E-state index contributed by atoms with van der Waals surface area (Å²) in [6.07, 6.45) is 0.696. The second kappa shape index (κ2) is 40.8. The first-order valence-corrected chi connectivity index (χ1v) is 19.0. The zero-order valence-corrected chi connectivity index (χ0v) is 36.8. The van der Waals surface area contributed by atoms with E-state index in [0.717, 1.165) is 6.42 Å². The smallest absolute Gasteiger partial charge is 0.329 e. The van der Waals surface area contributed by atoms with Crippen molar-refractivity contribution in [3.63, 3.8) is 0 Å². The Morgan fingerprint density at radius 2 is 1.03 bits per heavy atom. The van der Waals surface area contributed by atoms with E-state index in [1.807, 2.05) is 6.92 Å². The molecule has 0 bridgehead atoms. The minimum absolute atomic E-state index is 0.0332. The number of Topliss-reactive ketones (excluding diaryl/α,β-unsaturated/α-hetero) is 3. The summed E-state index contributed by atoms with van der Waals surface area (Å²) in [5.74, 6) is -7.52. The largest absolute Gasteiger partial charge is 0.481 e. The van der Waals surface area contributed by atoms with Crippen LogP contribution in [0.5, 0.6) is 0 Å². The number of carboxylic acid groups (broad SMARTS) is 2. The fourth-order valence-electron chi connectivity index (χ4n) is 3.65. The molecule has 0 fully saturated rings. The second-order valence-corrected chi connectivity index (χ2v) is 13.1. The first-order chi connectivity index (χ1) is 27.7. The first-order valence-electron chi connectivity index (χ1n) is 19.0. The molecule has 0 spiro atoms. The highest BCUT2D eigenvalue weighted by Gasteiger charge is 2.39. The fourth-order valence-corrected chi connectivity index (χ4v) is 3.65. The van der Waals surface area contributed by atoms with Crippen molar-refractivity contribution in [3.8, 4) is 0 Å². The quantitative estimate of drug-likeness (QED) is 0.0454. The van der Waals surface area contributed by atoms with E-state index in [2.05, 4.69) is 14.2 Å². The van der Waals surface area contributed by atoms with Gasteiger partial charge < -0.3 is 57.6 Å². The van der Waals surface area contributed by atoms with Crippen molar-refractivity contribution >= 4 is 47.2 Å². The minimum atomic E-state index is -1.24. The number of carbonyl (C=O) groups is 8. The lowest BCUT2D eigenvalue weighted by atomic mass is 9.90. The van der Waals surface area contributed by atoms with Gasteiger partial charge in [-0.3, -0.25) is 33.6 Å². The molecule has 0 heterocycles. The van der Waals surface area contributed by atoms with E-state index in [0.29, 0.717) is 39.6 Å². The topological polar surface area (TPSA) is 269 Å². The Morgan fingerprint density at radius 1 is 0.576 bits per heavy atom. The average molecular weight is 859 g/mol. The maximum absolute atomic E-state index is 12.3. The molecule has 20 nitrogen and oxygen atoms in total. The molecule has 3 unspecified atom stereocenters. The van der Waals surface area contributed by atoms with Crippen LogP contribution in [0.2, 0.25) is 0 Å². The van der Waals surface area contributed by atoms with Crippen molar-refractivity contribution in [1.29, 1.82) is 0 Å². The van der Waals surface area contributed by atoms with Gasteiger partial charge in [-0.05, 0) is 41.0 Å². The molecule has 0 saturated carbocycles. The van der Waals surface area contributed by atoms with Crippen molar-refractivity contribution in [2.24, 2.45) is 17.8 Å². The van der Waals surface area contributed by atoms with Gasteiger partial charge in [-0.25, -0.2) is 4.79 Å². The number of aliphatic carboxylic acids is 2. The summed E-state index contributed by atoms with van der Waals surface area (Å²) in [6.45, 7) is 15.9. The Bertz CT molecular complexity index is 1170. The van der Waals surface area contributed by atoms with E-state index >= 15 is 0 Å². The normalized spacial score (nSPS) is 12.0. The second-order valence-electron chi connectivity index (χ2n) is 13.1. The molecule has 59 heavy (non-hydrogen) atoms. The highest BCUT2D eigenvalue weighted by atomic mass is 16.6. The molecule has 0 aromatic heterocycles. The van der Waals surface area contributed by atoms with Crippen LogP contribution in [0.1, 0.15) is 74.7 Å². The van der Waals surface area contributed by atoms with Gasteiger partial charge in [-0.15, -0.1) is 0 Å². The molecule has 2 N–H and O–H groups in total. The van der Waals surface area contributed by atoms with Crippen LogP contribution in [-0.2, 0) is 85.7 Å². The Balaban J connectivity index is -0.000000363. The Labute approximate surface area is 348 Å². The number of esters is 3. The maximum Gasteiger partial charge on any atom is 0.329 e. The summed E-state index contributed by atoms with van der Waals surface area (Å²) in [7, 11) is 4.59. The van der Waals surface area contributed by atoms with Gasteiger partial charge in [0.1, 0.15) is 44.4 Å². The maximum atomic E-state index is 12.3. The van der Waals surface area contributed by atoms with E-state index in [1.165, 1.54) is 28.1 Å². The van der Waals surface area contributed by atoms with Crippen molar-refractivity contribution in [2.75, 3.05) is 107 Å². The zero-order valence-electron chi connectivity index (χ0n) is 36.8. The van der Waals surface area contributed by atoms with Gasteiger partial charge >= 0.3 is 29.8 Å². The van der Waals surface area contributed by atoms with Gasteiger partial charge in [0, 0.05) is 34.4 Å². The Morgan fingerprint density at radius 3 is 1.46 bits per heavy atom. The molecule has 0 aliphatic heterocycles. The number of ketones is 3. The van der Waals surface area contributed by atoms with Gasteiger partial charge in [-0.2, -0.15) is 0 Å². The molecule has 0 aliphatic rings. The molecule has 0 rings (SSSR count). The van der Waals surface area contributed by atoms with Crippen LogP contribution in [0, 0.1) is 17.8 Å². The minimum Gasteiger partial charge on any atom is -0.481 e. The lowest BCUT2D eigenvalue weighted by Gasteiger charge is -2.25. The molecule has 0 aromatic carbocycles. The van der Waals surface area contributed by atoms with Crippen LogP contribution in [-0.4, -0.2) is 170 Å². The molecule has 3 atom stereocenters. The molecule has 20 heteroatoms. The lowest BCUT2D eigenvalue weighted by Crippen LogP contribution is -2.40. The van der Waals surface area contributed by atoms with Crippen LogP contribution >= 0.6 is 0 Å². The third kappa shape index (κ3) is 43.5. The molecule has 346 valence electrons. The Hall–Kier alpha value is -3.92. The SMILES string of the molecule is CCCOCC(=O)CC(C)C(=O)O.CCOC(=O)C(C(=O)COCCOC)C(C)C(=O)OC(C)(C)C.CCOC(=O)CC(=O)COCCOC.COCCOCC(=O)O. The standard InChI is InChI=1S/C16H28O7.C9H16O5.C9H16O4.C5H10O4/c1-7-22-15(19)13(12(17)10-21-9-8-20-6)11(2)14(18)23-16(3,4)5;1-3-14-9(11)6-8(10)7-13-5-4-12-2;1-3-4-13-6-8(10)5-7(2)9(11)12;1-8-2-3-9-4-5(6)7/h11,13H,7-10H2,1-6H3;3-7H2,1-2H3;7H,3-6H2,1-2H3,(H,11,12);2-4H2,1H3,(H,6,7). The van der Waals surface area contributed by atoms with Gasteiger partial charge in [0.2, 0.25) is 0 Å². The molecular formula is C39H70O20. The summed E-state index contributed by atoms with van der Waals surface area (Å²) in [6, 6.07) is 0. The van der Waals surface area contributed by atoms with Crippen molar-refractivity contribution in [1.82, 2.24) is 0 Å². The average Bonchev–Trinajstić information content (AvgIpc) is 3.14. The van der Waals surface area contributed by atoms with Gasteiger partial charge in [-0.1, -0.05) is 20.8 Å². The summed E-state index contributed by atoms with van der Waals surface area (Å²) in [5, 5.41) is 16.6. The predicted octanol–water partition coefficient (Wildman–Crippen LogP) is 2.37. The monoisotopic (exact) mass is 858 g/mol. The number of carboxylic acids is 2. The third-order valence-corrected chi connectivity index (χ3v) is 6.41. The lowest BCUT2D eigenvalue weighted by molar-refractivity contribution is -0.170. The summed E-state index contributed by atoms with van der Waals surface area (Å²) in [5.41, 5.74) is -0.706. The molecule has 0 amide bonds. The van der Waals surface area contributed by atoms with Gasteiger partial charge in [0.05, 0.1) is 64.7 Å². The van der Waals surface area contributed by atoms with E-state index in [4.69, 9.17) is 43.4 Å². The van der Waals surface area contributed by atoms with Crippen molar-refractivity contribution < 1.29 is 95.9 Å². The molecule has 0 saturated heterocycles. The van der Waals surface area contributed by atoms with Crippen LogP contribution in [0.25, 0.3) is 0 Å². The van der Waals surface area contributed by atoms with Crippen LogP contribution in [0.4, 0.5) is 0 Å². The van der Waals surface area contributed by atoms with Crippen molar-refractivity contribution in [3.05, 3.63) is 0 Å². The number of carbonyl (C=O) groups excluding carboxylic acids is 6. The summed E-state index contributed by atoms with van der Waals surface area (Å²) >= 11 is 0. The highest BCUT2D eigenvalue weighted by Crippen LogP contribution is 2.20. The van der Waals surface area contributed by atoms with E-state index in [9.17, 15) is 38.4 Å². The zero-order chi connectivity index (χ0) is 46.2. The number of hydrogen-bond donors (Lipinski definition) is 2. The van der Waals surface area contributed by atoms with Crippen LogP contribution in [0.3, 0.4) is 0 Å². The van der Waals surface area contributed by atoms with E-state index in [-0.39, 0.29) is 70.7 Å². The number of hydrogen-bond acceptors (Lipinski definition) is 18. The Kier molecular flexibility index (Phi) is 42.7. The number of rotatable bonds is 30. The van der Waals surface area contributed by atoms with Crippen molar-refractivity contribution in [2.45, 2.75) is 80.3 Å². The van der Waals surface area contributed by atoms with Crippen LogP contribution in [0.15, 0.2) is 0 Å². The van der Waals surface area contributed by atoms with Gasteiger partial charge in [0.25, 0.3) is 0 Å². The fraction of sp³-hybridized carbons (Fsp3) is 0.795. The first kappa shape index (κ1) is 61.7. The van der Waals surface area contributed by atoms with Gasteiger partial charge in [0.15, 0.2) is 17.3 Å². The summed E-state index contributed by atoms with van der Waals surface area (Å²) < 4.78 is 48.5. The number of ether oxygens (including phenoxy) is 10.